The monoisotopic (exact) mass is 714 g/mol. The largest absolute Gasteiger partial charge is 0.310 e. The van der Waals surface area contributed by atoms with Gasteiger partial charge in [0.1, 0.15) is 0 Å². The average Bonchev–Trinajstić information content (AvgIpc) is 3.27. The van der Waals surface area contributed by atoms with Crippen LogP contribution >= 0.6 is 0 Å². The number of nitrogens with zero attached hydrogens (tertiary/aromatic N) is 2. The Kier molecular flexibility index (Phi) is 8.55. The van der Waals surface area contributed by atoms with Crippen LogP contribution < -0.4 is 9.80 Å². The summed E-state index contributed by atoms with van der Waals surface area (Å²) in [4.78, 5) is 4.76. The lowest BCUT2D eigenvalue weighted by Crippen LogP contribution is -2.11. The molecule has 0 bridgehead atoms. The molecule has 10 aromatic carbocycles. The summed E-state index contributed by atoms with van der Waals surface area (Å²) < 4.78 is 0. The van der Waals surface area contributed by atoms with Gasteiger partial charge in [0, 0.05) is 34.1 Å². The van der Waals surface area contributed by atoms with Crippen molar-refractivity contribution >= 4 is 66.4 Å². The van der Waals surface area contributed by atoms with Gasteiger partial charge in [0.15, 0.2) is 0 Å². The first-order chi connectivity index (χ1) is 27.8. The molecule has 0 unspecified atom stereocenters. The highest BCUT2D eigenvalue weighted by Crippen LogP contribution is 2.43. The fraction of sp³-hybridized carbons (Fsp3) is 0. The van der Waals surface area contributed by atoms with Crippen molar-refractivity contribution in [1.82, 2.24) is 0 Å². The van der Waals surface area contributed by atoms with Crippen LogP contribution in [-0.4, -0.2) is 0 Å². The molecule has 2 nitrogen and oxygen atoms in total. The van der Waals surface area contributed by atoms with E-state index in [2.05, 4.69) is 240 Å². The summed E-state index contributed by atoms with van der Waals surface area (Å²) in [5.74, 6) is 0. The van der Waals surface area contributed by atoms with E-state index < -0.39 is 0 Å². The number of para-hydroxylation sites is 2. The minimum absolute atomic E-state index is 1.10. The van der Waals surface area contributed by atoms with Crippen molar-refractivity contribution in [1.29, 1.82) is 0 Å². The molecule has 10 rings (SSSR count). The lowest BCUT2D eigenvalue weighted by atomic mass is 9.96. The Hall–Kier alpha value is -7.42. The predicted octanol–water partition coefficient (Wildman–Crippen LogP) is 15.4. The zero-order valence-corrected chi connectivity index (χ0v) is 30.8. The van der Waals surface area contributed by atoms with Crippen molar-refractivity contribution in [3.8, 4) is 22.3 Å². The van der Waals surface area contributed by atoms with Crippen molar-refractivity contribution in [2.45, 2.75) is 0 Å². The number of hydrogen-bond donors (Lipinski definition) is 0. The molecule has 0 spiro atoms. The summed E-state index contributed by atoms with van der Waals surface area (Å²) >= 11 is 0. The highest BCUT2D eigenvalue weighted by molar-refractivity contribution is 6.03. The summed E-state index contributed by atoms with van der Waals surface area (Å²) in [5.41, 5.74) is 11.5. The second-order valence-corrected chi connectivity index (χ2v) is 14.2. The van der Waals surface area contributed by atoms with Crippen molar-refractivity contribution in [2.24, 2.45) is 0 Å². The third kappa shape index (κ3) is 6.24. The SMILES string of the molecule is c1ccc(-c2cc(N(c3ccccc3)c3ccc4cc(N(c5ccccc5)c5cc(-c6ccccc6)c6ccccc6c5)ccc4c3)cc3ccccc23)cc1. The van der Waals surface area contributed by atoms with Gasteiger partial charge in [0.2, 0.25) is 0 Å². The highest BCUT2D eigenvalue weighted by atomic mass is 15.1. The number of fused-ring (bicyclic) bond motifs is 3. The Morgan fingerprint density at radius 3 is 0.964 bits per heavy atom. The molecule has 0 heterocycles. The van der Waals surface area contributed by atoms with Gasteiger partial charge in [0.25, 0.3) is 0 Å². The first kappa shape index (κ1) is 33.2. The maximum atomic E-state index is 2.38. The zero-order valence-electron chi connectivity index (χ0n) is 30.8. The fourth-order valence-electron chi connectivity index (χ4n) is 8.11. The molecule has 264 valence electrons. The minimum Gasteiger partial charge on any atom is -0.310 e. The van der Waals surface area contributed by atoms with Gasteiger partial charge < -0.3 is 9.80 Å². The Morgan fingerprint density at radius 1 is 0.214 bits per heavy atom. The van der Waals surface area contributed by atoms with Crippen LogP contribution in [0.3, 0.4) is 0 Å². The van der Waals surface area contributed by atoms with Crippen molar-refractivity contribution in [3.63, 3.8) is 0 Å². The van der Waals surface area contributed by atoms with Gasteiger partial charge in [0.05, 0.1) is 0 Å². The van der Waals surface area contributed by atoms with Crippen LogP contribution in [-0.2, 0) is 0 Å². The van der Waals surface area contributed by atoms with E-state index in [1.54, 1.807) is 0 Å². The molecule has 2 heteroatoms. The average molecular weight is 715 g/mol. The molecular weight excluding hydrogens is 677 g/mol. The summed E-state index contributed by atoms with van der Waals surface area (Å²) in [6, 6.07) is 83.2. The third-order valence-electron chi connectivity index (χ3n) is 10.7. The van der Waals surface area contributed by atoms with Crippen LogP contribution in [0.25, 0.3) is 54.6 Å². The van der Waals surface area contributed by atoms with Gasteiger partial charge in [-0.2, -0.15) is 0 Å². The Labute approximate surface area is 327 Å². The van der Waals surface area contributed by atoms with Crippen molar-refractivity contribution in [2.75, 3.05) is 9.80 Å². The topological polar surface area (TPSA) is 6.48 Å². The second-order valence-electron chi connectivity index (χ2n) is 14.2. The molecule has 0 saturated carbocycles. The molecule has 0 radical (unpaired) electrons. The summed E-state index contributed by atoms with van der Waals surface area (Å²) in [5, 5.41) is 7.25. The molecule has 0 N–H and O–H groups in total. The van der Waals surface area contributed by atoms with Crippen LogP contribution in [0.5, 0.6) is 0 Å². The number of rotatable bonds is 8. The van der Waals surface area contributed by atoms with Crippen LogP contribution in [0.2, 0.25) is 0 Å². The summed E-state index contributed by atoms with van der Waals surface area (Å²) in [6.45, 7) is 0. The molecule has 0 aliphatic carbocycles. The van der Waals surface area contributed by atoms with E-state index in [1.807, 2.05) is 0 Å². The lowest BCUT2D eigenvalue weighted by Gasteiger charge is -2.28. The molecular formula is C54H38N2. The maximum absolute atomic E-state index is 2.38. The number of benzene rings is 10. The lowest BCUT2D eigenvalue weighted by molar-refractivity contribution is 1.29. The van der Waals surface area contributed by atoms with Gasteiger partial charge in [-0.3, -0.25) is 0 Å². The Morgan fingerprint density at radius 2 is 0.554 bits per heavy atom. The molecule has 0 aliphatic rings. The van der Waals surface area contributed by atoms with Crippen LogP contribution in [0.15, 0.2) is 231 Å². The summed E-state index contributed by atoms with van der Waals surface area (Å²) in [6.07, 6.45) is 0. The van der Waals surface area contributed by atoms with E-state index in [0.29, 0.717) is 0 Å². The maximum Gasteiger partial charge on any atom is 0.0474 e. The van der Waals surface area contributed by atoms with Gasteiger partial charge in [-0.05, 0) is 127 Å². The first-order valence-electron chi connectivity index (χ1n) is 19.2. The van der Waals surface area contributed by atoms with Gasteiger partial charge in [-0.25, -0.2) is 0 Å². The highest BCUT2D eigenvalue weighted by Gasteiger charge is 2.19. The molecule has 0 atom stereocenters. The second kappa shape index (κ2) is 14.4. The van der Waals surface area contributed by atoms with E-state index >= 15 is 0 Å². The molecule has 56 heavy (non-hydrogen) atoms. The standard InChI is InChI=1S/C54H38N2/c1-5-17-39(18-6-1)53-37-49(35-43-21-13-15-27-51(43)53)55(45-23-9-3-10-24-45)47-31-29-42-34-48(32-30-41(42)33-47)56(46-25-11-4-12-26-46)50-36-44-22-14-16-28-52(44)54(38-50)40-19-7-2-8-20-40/h1-38H. The minimum atomic E-state index is 1.10. The first-order valence-corrected chi connectivity index (χ1v) is 19.2. The van der Waals surface area contributed by atoms with Crippen molar-refractivity contribution < 1.29 is 0 Å². The molecule has 0 amide bonds. The zero-order chi connectivity index (χ0) is 37.3. The smallest absolute Gasteiger partial charge is 0.0474 e. The van der Waals surface area contributed by atoms with Crippen LogP contribution in [0, 0.1) is 0 Å². The number of anilines is 6. The molecule has 0 aliphatic heterocycles. The normalized spacial score (nSPS) is 11.2. The number of hydrogen-bond acceptors (Lipinski definition) is 2. The Bertz CT molecular complexity index is 2750. The van der Waals surface area contributed by atoms with Crippen molar-refractivity contribution in [3.05, 3.63) is 231 Å². The van der Waals surface area contributed by atoms with Gasteiger partial charge in [-0.15, -0.1) is 0 Å². The summed E-state index contributed by atoms with van der Waals surface area (Å²) in [7, 11) is 0. The van der Waals surface area contributed by atoms with E-state index in [-0.39, 0.29) is 0 Å². The van der Waals surface area contributed by atoms with Gasteiger partial charge >= 0.3 is 0 Å². The predicted molar refractivity (Wildman–Crippen MR) is 239 cm³/mol. The van der Waals surface area contributed by atoms with E-state index in [9.17, 15) is 0 Å². The van der Waals surface area contributed by atoms with Crippen LogP contribution in [0.1, 0.15) is 0 Å². The van der Waals surface area contributed by atoms with E-state index in [4.69, 9.17) is 0 Å². The van der Waals surface area contributed by atoms with Gasteiger partial charge in [-0.1, -0.05) is 158 Å². The molecule has 0 saturated heterocycles. The van der Waals surface area contributed by atoms with E-state index in [0.717, 1.165) is 34.1 Å². The Balaban J connectivity index is 1.11. The third-order valence-corrected chi connectivity index (χ3v) is 10.7. The fourth-order valence-corrected chi connectivity index (χ4v) is 8.11. The van der Waals surface area contributed by atoms with Crippen LogP contribution in [0.4, 0.5) is 34.1 Å². The molecule has 0 aromatic heterocycles. The molecule has 0 fully saturated rings. The quantitative estimate of drug-likeness (QED) is 0.155. The van der Waals surface area contributed by atoms with E-state index in [1.165, 1.54) is 54.6 Å². The molecule has 10 aromatic rings.